The van der Waals surface area contributed by atoms with Crippen LogP contribution in [0.5, 0.6) is 0 Å². The predicted octanol–water partition coefficient (Wildman–Crippen LogP) is 3.49. The van der Waals surface area contributed by atoms with Crippen molar-refractivity contribution in [3.63, 3.8) is 0 Å². The molecule has 1 N–H and O–H groups in total. The van der Waals surface area contributed by atoms with Crippen molar-refractivity contribution in [3.05, 3.63) is 93.1 Å². The first-order valence-corrected chi connectivity index (χ1v) is 8.90. The number of hydrogen-bond donors (Lipinski definition) is 1. The quantitative estimate of drug-likeness (QED) is 0.471. The summed E-state index contributed by atoms with van der Waals surface area (Å²) in [4.78, 5) is 8.59. The van der Waals surface area contributed by atoms with Crippen molar-refractivity contribution in [2.24, 2.45) is 0 Å². The largest absolute Gasteiger partial charge is 0.266 e. The summed E-state index contributed by atoms with van der Waals surface area (Å²) < 4.78 is 2.90. The molecular formula is C17H12ClIN6. The molecule has 6 nitrogen and oxygen atoms in total. The first-order chi connectivity index (χ1) is 12.2. The highest BCUT2D eigenvalue weighted by Crippen LogP contribution is 2.38. The Morgan fingerprint density at radius 1 is 1.00 bits per heavy atom. The third-order valence-electron chi connectivity index (χ3n) is 4.03. The average molecular weight is 463 g/mol. The molecule has 0 spiro atoms. The number of H-pyrrole nitrogens is 1. The second-order valence-electron chi connectivity index (χ2n) is 5.39. The molecule has 0 saturated carbocycles. The maximum absolute atomic E-state index is 6.11. The molecule has 2 heterocycles. The number of rotatable bonds is 4. The van der Waals surface area contributed by atoms with Gasteiger partial charge in [-0.1, -0.05) is 35.9 Å². The fraction of sp³-hybridized carbons (Fsp3) is 0.0588. The minimum atomic E-state index is -0.856. The average Bonchev–Trinajstić information content (AvgIpc) is 3.33. The highest BCUT2D eigenvalue weighted by molar-refractivity contribution is 14.1. The van der Waals surface area contributed by atoms with Crippen LogP contribution < -0.4 is 0 Å². The van der Waals surface area contributed by atoms with Gasteiger partial charge < -0.3 is 0 Å². The van der Waals surface area contributed by atoms with Crippen molar-refractivity contribution in [3.8, 4) is 0 Å². The Hall–Kier alpha value is -2.26. The van der Waals surface area contributed by atoms with Crippen LogP contribution in [0.2, 0.25) is 5.02 Å². The van der Waals surface area contributed by atoms with Gasteiger partial charge >= 0.3 is 0 Å². The zero-order valence-corrected chi connectivity index (χ0v) is 15.8. The number of aromatic nitrogens is 6. The molecule has 0 amide bonds. The number of benzene rings is 2. The Morgan fingerprint density at radius 2 is 1.68 bits per heavy atom. The Kier molecular flexibility index (Phi) is 4.26. The van der Waals surface area contributed by atoms with Crippen molar-refractivity contribution >= 4 is 34.2 Å². The van der Waals surface area contributed by atoms with Gasteiger partial charge in [0.05, 0.1) is 0 Å². The zero-order chi connectivity index (χ0) is 17.3. The highest BCUT2D eigenvalue weighted by Gasteiger charge is 2.42. The van der Waals surface area contributed by atoms with Gasteiger partial charge in [-0.2, -0.15) is 10.2 Å². The van der Waals surface area contributed by atoms with E-state index in [-0.39, 0.29) is 0 Å². The lowest BCUT2D eigenvalue weighted by Gasteiger charge is -2.32. The third-order valence-corrected chi connectivity index (χ3v) is 5.00. The van der Waals surface area contributed by atoms with Gasteiger partial charge in [-0.15, -0.1) is 0 Å². The van der Waals surface area contributed by atoms with Crippen LogP contribution in [0.1, 0.15) is 17.0 Å². The lowest BCUT2D eigenvalue weighted by Crippen LogP contribution is -2.39. The van der Waals surface area contributed by atoms with Crippen molar-refractivity contribution in [2.45, 2.75) is 5.54 Å². The van der Waals surface area contributed by atoms with Gasteiger partial charge in [0.15, 0.2) is 11.4 Å². The van der Waals surface area contributed by atoms with E-state index in [2.05, 4.69) is 60.0 Å². The Morgan fingerprint density at radius 3 is 2.24 bits per heavy atom. The molecule has 2 aromatic heterocycles. The molecular weight excluding hydrogens is 451 g/mol. The molecule has 0 fully saturated rings. The predicted molar refractivity (Wildman–Crippen MR) is 102 cm³/mol. The monoisotopic (exact) mass is 462 g/mol. The SMILES string of the molecule is Clc1ccc(C(c2ccc(I)cc2)(c2nc[nH]n2)n2cncn2)cc1. The second kappa shape index (κ2) is 6.57. The van der Waals surface area contributed by atoms with Crippen molar-refractivity contribution < 1.29 is 0 Å². The number of nitrogens with zero attached hydrogens (tertiary/aromatic N) is 5. The van der Waals surface area contributed by atoms with E-state index in [0.717, 1.165) is 14.7 Å². The molecule has 0 bridgehead atoms. The van der Waals surface area contributed by atoms with E-state index in [1.54, 1.807) is 17.3 Å². The molecule has 2 aromatic carbocycles. The molecule has 4 aromatic rings. The van der Waals surface area contributed by atoms with Crippen molar-refractivity contribution in [1.82, 2.24) is 29.9 Å². The maximum Gasteiger partial charge on any atom is 0.187 e. The Labute approximate surface area is 162 Å². The maximum atomic E-state index is 6.11. The van der Waals surface area contributed by atoms with Gasteiger partial charge in [-0.3, -0.25) is 5.10 Å². The lowest BCUT2D eigenvalue weighted by molar-refractivity contribution is 0.435. The normalized spacial score (nSPS) is 13.5. The molecule has 0 radical (unpaired) electrons. The Balaban J connectivity index is 2.08. The smallest absolute Gasteiger partial charge is 0.187 e. The Bertz CT molecular complexity index is 868. The minimum absolute atomic E-state index is 0.571. The van der Waals surface area contributed by atoms with E-state index >= 15 is 0 Å². The number of aromatic amines is 1. The van der Waals surface area contributed by atoms with E-state index in [0.29, 0.717) is 10.8 Å². The summed E-state index contributed by atoms with van der Waals surface area (Å²) >= 11 is 8.39. The minimum Gasteiger partial charge on any atom is -0.266 e. The molecule has 1 atom stereocenters. The van der Waals surface area contributed by atoms with Crippen LogP contribution in [-0.4, -0.2) is 29.9 Å². The number of hydrogen-bond acceptors (Lipinski definition) is 4. The van der Waals surface area contributed by atoms with Gasteiger partial charge in [-0.25, -0.2) is 14.6 Å². The summed E-state index contributed by atoms with van der Waals surface area (Å²) in [6.45, 7) is 0. The summed E-state index contributed by atoms with van der Waals surface area (Å²) in [5.41, 5.74) is 1.05. The van der Waals surface area contributed by atoms with E-state index in [9.17, 15) is 0 Å². The van der Waals surface area contributed by atoms with Crippen molar-refractivity contribution in [2.75, 3.05) is 0 Å². The van der Waals surface area contributed by atoms with Gasteiger partial charge in [0.2, 0.25) is 0 Å². The van der Waals surface area contributed by atoms with E-state index < -0.39 is 5.54 Å². The van der Waals surface area contributed by atoms with Crippen LogP contribution in [0.3, 0.4) is 0 Å². The van der Waals surface area contributed by atoms with E-state index in [1.807, 2.05) is 36.4 Å². The summed E-state index contributed by atoms with van der Waals surface area (Å²) in [6, 6.07) is 15.8. The molecule has 0 aliphatic rings. The number of halogens is 2. The topological polar surface area (TPSA) is 72.3 Å². The van der Waals surface area contributed by atoms with Crippen LogP contribution in [-0.2, 0) is 5.54 Å². The first-order valence-electron chi connectivity index (χ1n) is 7.44. The molecule has 0 saturated heterocycles. The van der Waals surface area contributed by atoms with Gasteiger partial charge in [0, 0.05) is 8.59 Å². The first kappa shape index (κ1) is 16.2. The molecule has 124 valence electrons. The second-order valence-corrected chi connectivity index (χ2v) is 7.07. The van der Waals surface area contributed by atoms with E-state index in [4.69, 9.17) is 11.6 Å². The summed E-state index contributed by atoms with van der Waals surface area (Å²) in [6.07, 6.45) is 4.73. The van der Waals surface area contributed by atoms with Crippen LogP contribution in [0.4, 0.5) is 0 Å². The molecule has 1 unspecified atom stereocenters. The molecule has 25 heavy (non-hydrogen) atoms. The van der Waals surface area contributed by atoms with Crippen LogP contribution in [0.25, 0.3) is 0 Å². The lowest BCUT2D eigenvalue weighted by atomic mass is 9.82. The van der Waals surface area contributed by atoms with E-state index in [1.165, 1.54) is 6.33 Å². The summed E-state index contributed by atoms with van der Waals surface area (Å²) in [5.74, 6) is 0.571. The fourth-order valence-corrected chi connectivity index (χ4v) is 3.42. The van der Waals surface area contributed by atoms with Gasteiger partial charge in [-0.05, 0) is 58.0 Å². The van der Waals surface area contributed by atoms with Crippen LogP contribution in [0.15, 0.2) is 67.5 Å². The molecule has 4 rings (SSSR count). The van der Waals surface area contributed by atoms with Crippen LogP contribution in [0, 0.1) is 3.57 Å². The standard InChI is InChI=1S/C17H12ClIN6/c18-14-5-1-12(2-6-14)17(16-21-10-22-24-16,25-11-20-9-23-25)13-3-7-15(19)8-4-13/h1-11H,(H,21,22,24). The summed E-state index contributed by atoms with van der Waals surface area (Å²) in [5, 5.41) is 12.3. The van der Waals surface area contributed by atoms with Gasteiger partial charge in [0.1, 0.15) is 19.0 Å². The van der Waals surface area contributed by atoms with Gasteiger partial charge in [0.25, 0.3) is 0 Å². The van der Waals surface area contributed by atoms with Crippen molar-refractivity contribution in [1.29, 1.82) is 0 Å². The van der Waals surface area contributed by atoms with Crippen LogP contribution >= 0.6 is 34.2 Å². The molecule has 0 aliphatic heterocycles. The highest BCUT2D eigenvalue weighted by atomic mass is 127. The third kappa shape index (κ3) is 2.73. The summed E-state index contributed by atoms with van der Waals surface area (Å²) in [7, 11) is 0. The molecule has 0 aliphatic carbocycles. The fourth-order valence-electron chi connectivity index (χ4n) is 2.94. The molecule has 8 heteroatoms. The number of nitrogens with one attached hydrogen (secondary N) is 1. The zero-order valence-electron chi connectivity index (χ0n) is 12.8.